The number of nitrogens with zero attached hydrogens (tertiary/aromatic N) is 4. The highest BCUT2D eigenvalue weighted by molar-refractivity contribution is 5.85. The molecule has 0 atom stereocenters. The maximum absolute atomic E-state index is 6.09. The van der Waals surface area contributed by atoms with Crippen molar-refractivity contribution >= 4 is 17.0 Å². The molecule has 0 saturated carbocycles. The maximum Gasteiger partial charge on any atom is 0.320 e. The first-order valence-corrected chi connectivity index (χ1v) is 8.94. The van der Waals surface area contributed by atoms with Crippen LogP contribution in [0.15, 0.2) is 53.1 Å². The third-order valence-electron chi connectivity index (χ3n) is 4.28. The van der Waals surface area contributed by atoms with Gasteiger partial charge in [0.1, 0.15) is 0 Å². The third kappa shape index (κ3) is 3.53. The van der Waals surface area contributed by atoms with Crippen molar-refractivity contribution in [3.8, 4) is 29.9 Å². The molecule has 2 N–H and O–H groups in total. The van der Waals surface area contributed by atoms with Crippen molar-refractivity contribution in [3.63, 3.8) is 0 Å². The fourth-order valence-corrected chi connectivity index (χ4v) is 2.99. The van der Waals surface area contributed by atoms with E-state index in [2.05, 4.69) is 33.0 Å². The number of anilines is 1. The molecule has 7 heteroatoms. The Morgan fingerprint density at radius 1 is 1.11 bits per heavy atom. The number of furan rings is 1. The normalized spacial score (nSPS) is 10.8. The Labute approximate surface area is 162 Å². The van der Waals surface area contributed by atoms with Crippen LogP contribution in [0.25, 0.3) is 22.7 Å². The average molecular weight is 373 g/mol. The van der Waals surface area contributed by atoms with Gasteiger partial charge in [0.25, 0.3) is 0 Å². The molecule has 0 amide bonds. The lowest BCUT2D eigenvalue weighted by Crippen LogP contribution is -2.06. The number of imidazole rings is 1. The predicted octanol–water partition coefficient (Wildman–Crippen LogP) is 3.31. The minimum absolute atomic E-state index is 0.210. The summed E-state index contributed by atoms with van der Waals surface area (Å²) >= 11 is 0. The molecule has 0 bridgehead atoms. The molecule has 0 spiro atoms. The number of benzene rings is 1. The summed E-state index contributed by atoms with van der Waals surface area (Å²) < 4.78 is 13.0. The first-order valence-electron chi connectivity index (χ1n) is 8.94. The molecule has 0 aliphatic heterocycles. The topological polar surface area (TPSA) is 92.0 Å². The van der Waals surface area contributed by atoms with Gasteiger partial charge in [-0.05, 0) is 30.5 Å². The summed E-state index contributed by atoms with van der Waals surface area (Å²) in [6.45, 7) is 0.755. The highest BCUT2D eigenvalue weighted by Gasteiger charge is 2.19. The third-order valence-corrected chi connectivity index (χ3v) is 4.28. The number of nitrogen functional groups attached to an aromatic ring is 1. The summed E-state index contributed by atoms with van der Waals surface area (Å²) in [4.78, 5) is 13.2. The van der Waals surface area contributed by atoms with Crippen LogP contribution in [0.3, 0.4) is 0 Å². The number of aryl methyl sites for hydroxylation is 1. The highest BCUT2D eigenvalue weighted by atomic mass is 16.5. The Morgan fingerprint density at radius 3 is 2.71 bits per heavy atom. The van der Waals surface area contributed by atoms with Gasteiger partial charge in [-0.3, -0.25) is 4.57 Å². The fraction of sp³-hybridized carbons (Fsp3) is 0.190. The molecular weight excluding hydrogens is 354 g/mol. The number of nitrogens with two attached hydrogens (primary N) is 1. The zero-order valence-electron chi connectivity index (χ0n) is 15.2. The van der Waals surface area contributed by atoms with Crippen molar-refractivity contribution in [1.82, 2.24) is 19.5 Å². The number of ether oxygens (including phenoxy) is 1. The van der Waals surface area contributed by atoms with Crippen LogP contribution < -0.4 is 10.5 Å². The Hall–Kier alpha value is -3.79. The summed E-state index contributed by atoms with van der Waals surface area (Å²) in [6.07, 6.45) is 8.85. The zero-order chi connectivity index (χ0) is 19.3. The van der Waals surface area contributed by atoms with Crippen molar-refractivity contribution in [2.45, 2.75) is 19.4 Å². The number of hydrogen-bond acceptors (Lipinski definition) is 6. The molecular formula is C21H19N5O2. The van der Waals surface area contributed by atoms with Gasteiger partial charge in [-0.25, -0.2) is 4.98 Å². The Morgan fingerprint density at radius 2 is 1.96 bits per heavy atom. The second-order valence-corrected chi connectivity index (χ2v) is 6.20. The Balaban J connectivity index is 1.57. The molecule has 1 aromatic carbocycles. The molecule has 3 heterocycles. The molecule has 0 saturated heterocycles. The van der Waals surface area contributed by atoms with Gasteiger partial charge in [-0.1, -0.05) is 36.3 Å². The molecule has 4 aromatic rings. The Bertz CT molecular complexity index is 1110. The molecule has 0 aliphatic rings. The number of terminal acetylenes is 1. The minimum Gasteiger partial charge on any atom is -0.463 e. The van der Waals surface area contributed by atoms with Gasteiger partial charge in [-0.2, -0.15) is 9.97 Å². The van der Waals surface area contributed by atoms with Crippen molar-refractivity contribution in [3.05, 3.63) is 54.3 Å². The number of fused-ring (bicyclic) bond motifs is 1. The van der Waals surface area contributed by atoms with Gasteiger partial charge >= 0.3 is 6.01 Å². The lowest BCUT2D eigenvalue weighted by molar-refractivity contribution is 0.288. The van der Waals surface area contributed by atoms with E-state index in [1.807, 2.05) is 18.2 Å². The first kappa shape index (κ1) is 17.6. The molecule has 0 unspecified atom stereocenters. The summed E-state index contributed by atoms with van der Waals surface area (Å²) in [5.74, 6) is 3.99. The molecule has 0 aliphatic carbocycles. The number of hydrogen-bond donors (Lipinski definition) is 1. The smallest absolute Gasteiger partial charge is 0.320 e. The van der Waals surface area contributed by atoms with Gasteiger partial charge in [-0.15, -0.1) is 6.42 Å². The second-order valence-electron chi connectivity index (χ2n) is 6.20. The van der Waals surface area contributed by atoms with Gasteiger partial charge in [0.15, 0.2) is 28.6 Å². The number of rotatable bonds is 7. The van der Waals surface area contributed by atoms with Crippen molar-refractivity contribution in [2.75, 3.05) is 12.3 Å². The van der Waals surface area contributed by atoms with Crippen LogP contribution in [0.1, 0.15) is 12.0 Å². The quantitative estimate of drug-likeness (QED) is 0.395. The molecule has 0 radical (unpaired) electrons. The summed E-state index contributed by atoms with van der Waals surface area (Å²) in [5, 5.41) is 0. The van der Waals surface area contributed by atoms with E-state index < -0.39 is 0 Å². The van der Waals surface area contributed by atoms with Crippen LogP contribution in [-0.4, -0.2) is 26.1 Å². The van der Waals surface area contributed by atoms with E-state index in [1.165, 1.54) is 5.56 Å². The van der Waals surface area contributed by atoms with E-state index in [1.54, 1.807) is 23.0 Å². The lowest BCUT2D eigenvalue weighted by atomic mass is 10.1. The van der Waals surface area contributed by atoms with Crippen LogP contribution in [0.2, 0.25) is 0 Å². The molecule has 7 nitrogen and oxygen atoms in total. The molecule has 4 rings (SSSR count). The van der Waals surface area contributed by atoms with E-state index in [0.717, 1.165) is 12.8 Å². The molecule has 3 aromatic heterocycles. The summed E-state index contributed by atoms with van der Waals surface area (Å²) in [6, 6.07) is 14.0. The lowest BCUT2D eigenvalue weighted by Gasteiger charge is -2.07. The average Bonchev–Trinajstić information content (AvgIpc) is 3.35. The van der Waals surface area contributed by atoms with Crippen LogP contribution in [0, 0.1) is 12.3 Å². The van der Waals surface area contributed by atoms with Gasteiger partial charge < -0.3 is 14.9 Å². The van der Waals surface area contributed by atoms with Crippen LogP contribution in [0.5, 0.6) is 6.01 Å². The van der Waals surface area contributed by atoms with Gasteiger partial charge in [0.2, 0.25) is 0 Å². The standard InChI is InChI=1S/C21H19N5O2/c1-2-12-26-19(16-11-7-13-27-16)23-17-18(22)24-21(25-20(17)26)28-14-6-10-15-8-4-3-5-9-15/h1,3-5,7-9,11,13H,6,10,12,14H2,(H2,22,24,25). The summed E-state index contributed by atoms with van der Waals surface area (Å²) in [5.41, 5.74) is 8.35. The maximum atomic E-state index is 6.09. The second kappa shape index (κ2) is 7.84. The largest absolute Gasteiger partial charge is 0.463 e. The van der Waals surface area contributed by atoms with E-state index in [4.69, 9.17) is 21.3 Å². The van der Waals surface area contributed by atoms with Gasteiger partial charge in [0.05, 0.1) is 19.4 Å². The van der Waals surface area contributed by atoms with E-state index in [9.17, 15) is 0 Å². The van der Waals surface area contributed by atoms with Crippen LogP contribution >= 0.6 is 0 Å². The van der Waals surface area contributed by atoms with Crippen molar-refractivity contribution in [2.24, 2.45) is 0 Å². The first-order chi connectivity index (χ1) is 13.8. The predicted molar refractivity (Wildman–Crippen MR) is 107 cm³/mol. The van der Waals surface area contributed by atoms with Crippen LogP contribution in [0.4, 0.5) is 5.82 Å². The monoisotopic (exact) mass is 373 g/mol. The van der Waals surface area contributed by atoms with E-state index >= 15 is 0 Å². The fourth-order valence-electron chi connectivity index (χ4n) is 2.99. The van der Waals surface area contributed by atoms with E-state index in [-0.39, 0.29) is 18.4 Å². The highest BCUT2D eigenvalue weighted by Crippen LogP contribution is 2.27. The van der Waals surface area contributed by atoms with Crippen LogP contribution in [-0.2, 0) is 13.0 Å². The molecule has 28 heavy (non-hydrogen) atoms. The Kier molecular flexibility index (Phi) is 4.93. The van der Waals surface area contributed by atoms with Crippen molar-refractivity contribution < 1.29 is 9.15 Å². The SMILES string of the molecule is C#CCn1c(-c2ccco2)nc2c(N)nc(OCCCc3ccccc3)nc21. The molecule has 0 fully saturated rings. The minimum atomic E-state index is 0.210. The van der Waals surface area contributed by atoms with E-state index in [0.29, 0.717) is 29.4 Å². The van der Waals surface area contributed by atoms with Gasteiger partial charge in [0, 0.05) is 0 Å². The number of aromatic nitrogens is 4. The summed E-state index contributed by atoms with van der Waals surface area (Å²) in [7, 11) is 0. The molecule has 140 valence electrons. The zero-order valence-corrected chi connectivity index (χ0v) is 15.2. The van der Waals surface area contributed by atoms with Crippen molar-refractivity contribution in [1.29, 1.82) is 0 Å².